The standard InChI is InChI=1S/C17H18F7N3O4S/c1-3-27-7-14(10(2)25-27)32(28,29)26-11-4-12(30-8-16(20,21)15(18)19)6-13(5-11)31-9-17(22,23)24/h4-7,15,26H,3,8-9H2,1-2H3. The molecule has 0 saturated carbocycles. The maximum atomic E-state index is 13.1. The van der Waals surface area contributed by atoms with Gasteiger partial charge in [-0.05, 0) is 13.8 Å². The molecule has 2 rings (SSSR count). The van der Waals surface area contributed by atoms with E-state index in [-0.39, 0.29) is 10.6 Å². The lowest BCUT2D eigenvalue weighted by Gasteiger charge is -2.18. The number of anilines is 1. The number of nitrogens with one attached hydrogen (secondary N) is 1. The maximum absolute atomic E-state index is 13.1. The number of ether oxygens (including phenoxy) is 2. The third-order valence-corrected chi connectivity index (χ3v) is 5.28. The lowest BCUT2D eigenvalue weighted by atomic mass is 10.3. The van der Waals surface area contributed by atoms with Gasteiger partial charge in [0, 0.05) is 30.9 Å². The summed E-state index contributed by atoms with van der Waals surface area (Å²) in [6.07, 6.45) is -7.60. The Labute approximate surface area is 178 Å². The molecule has 1 heterocycles. The molecule has 2 aromatic rings. The highest BCUT2D eigenvalue weighted by Gasteiger charge is 2.41. The third kappa shape index (κ3) is 6.90. The van der Waals surface area contributed by atoms with Crippen LogP contribution in [-0.4, -0.2) is 49.9 Å². The second kappa shape index (κ2) is 9.42. The van der Waals surface area contributed by atoms with Gasteiger partial charge in [-0.25, -0.2) is 17.2 Å². The van der Waals surface area contributed by atoms with Crippen LogP contribution in [0, 0.1) is 6.92 Å². The Morgan fingerprint density at radius 3 is 2.09 bits per heavy atom. The molecule has 0 atom stereocenters. The molecule has 0 aliphatic rings. The number of rotatable bonds is 10. The zero-order valence-electron chi connectivity index (χ0n) is 16.6. The lowest BCUT2D eigenvalue weighted by molar-refractivity contribution is -0.153. The molecule has 0 aliphatic carbocycles. The van der Waals surface area contributed by atoms with Crippen LogP contribution in [0.4, 0.5) is 36.4 Å². The average molecular weight is 493 g/mol. The van der Waals surface area contributed by atoms with Gasteiger partial charge in [0.15, 0.2) is 13.2 Å². The van der Waals surface area contributed by atoms with E-state index < -0.39 is 58.9 Å². The Morgan fingerprint density at radius 1 is 1.06 bits per heavy atom. The van der Waals surface area contributed by atoms with Crippen molar-refractivity contribution < 1.29 is 48.6 Å². The van der Waals surface area contributed by atoms with Gasteiger partial charge in [-0.3, -0.25) is 9.40 Å². The topological polar surface area (TPSA) is 82.5 Å². The third-order valence-electron chi connectivity index (χ3n) is 3.80. The predicted octanol–water partition coefficient (Wildman–Crippen LogP) is 4.23. The summed E-state index contributed by atoms with van der Waals surface area (Å²) in [4.78, 5) is -0.243. The molecule has 0 aliphatic heterocycles. The van der Waals surface area contributed by atoms with Crippen molar-refractivity contribution in [3.8, 4) is 11.5 Å². The van der Waals surface area contributed by atoms with E-state index >= 15 is 0 Å². The van der Waals surface area contributed by atoms with Gasteiger partial charge in [0.25, 0.3) is 10.0 Å². The number of alkyl halides is 7. The maximum Gasteiger partial charge on any atom is 0.422 e. The molecule has 0 unspecified atom stereocenters. The minimum absolute atomic E-state index is 0.122. The summed E-state index contributed by atoms with van der Waals surface area (Å²) < 4.78 is 126. The van der Waals surface area contributed by atoms with E-state index in [2.05, 4.69) is 19.3 Å². The van der Waals surface area contributed by atoms with E-state index in [4.69, 9.17) is 0 Å². The van der Waals surface area contributed by atoms with Crippen LogP contribution in [0.15, 0.2) is 29.3 Å². The summed E-state index contributed by atoms with van der Waals surface area (Å²) in [5.74, 6) is -5.77. The second-order valence-corrected chi connectivity index (χ2v) is 8.14. The molecule has 0 radical (unpaired) electrons. The Bertz CT molecular complexity index is 1040. The van der Waals surface area contributed by atoms with Crippen LogP contribution in [0.3, 0.4) is 0 Å². The van der Waals surface area contributed by atoms with Crippen molar-refractivity contribution >= 4 is 15.7 Å². The first-order chi connectivity index (χ1) is 14.6. The summed E-state index contributed by atoms with van der Waals surface area (Å²) in [7, 11) is -4.30. The fraction of sp³-hybridized carbons (Fsp3) is 0.471. The van der Waals surface area contributed by atoms with E-state index in [1.807, 2.05) is 0 Å². The number of nitrogens with zero attached hydrogens (tertiary/aromatic N) is 2. The summed E-state index contributed by atoms with van der Waals surface area (Å²) >= 11 is 0. The molecule has 0 fully saturated rings. The Morgan fingerprint density at radius 2 is 1.62 bits per heavy atom. The SMILES string of the molecule is CCn1cc(S(=O)(=O)Nc2cc(OCC(F)(F)F)cc(OCC(F)(F)C(F)F)c2)c(C)n1. The van der Waals surface area contributed by atoms with Gasteiger partial charge >= 0.3 is 18.5 Å². The zero-order valence-corrected chi connectivity index (χ0v) is 17.4. The Balaban J connectivity index is 2.35. The predicted molar refractivity (Wildman–Crippen MR) is 97.9 cm³/mol. The number of hydrogen-bond donors (Lipinski definition) is 1. The fourth-order valence-electron chi connectivity index (χ4n) is 2.34. The van der Waals surface area contributed by atoms with Crippen molar-refractivity contribution in [3.63, 3.8) is 0 Å². The van der Waals surface area contributed by atoms with Crippen molar-refractivity contribution in [2.24, 2.45) is 0 Å². The van der Waals surface area contributed by atoms with Gasteiger partial charge < -0.3 is 9.47 Å². The van der Waals surface area contributed by atoms with Gasteiger partial charge in [0.05, 0.1) is 11.4 Å². The van der Waals surface area contributed by atoms with E-state index in [1.165, 1.54) is 17.8 Å². The molecule has 0 saturated heterocycles. The number of aromatic nitrogens is 2. The van der Waals surface area contributed by atoms with E-state index in [1.54, 1.807) is 6.92 Å². The highest BCUT2D eigenvalue weighted by Crippen LogP contribution is 2.31. The van der Waals surface area contributed by atoms with Crippen LogP contribution in [-0.2, 0) is 16.6 Å². The molecule has 1 aromatic carbocycles. The molecule has 32 heavy (non-hydrogen) atoms. The molecule has 0 amide bonds. The van der Waals surface area contributed by atoms with Gasteiger partial charge in [-0.15, -0.1) is 0 Å². The van der Waals surface area contributed by atoms with Crippen molar-refractivity contribution in [2.75, 3.05) is 17.9 Å². The molecule has 1 N–H and O–H groups in total. The Hall–Kier alpha value is -2.71. The first-order valence-corrected chi connectivity index (χ1v) is 10.3. The van der Waals surface area contributed by atoms with Crippen LogP contribution in [0.2, 0.25) is 0 Å². The van der Waals surface area contributed by atoms with Gasteiger partial charge in [-0.2, -0.15) is 27.1 Å². The summed E-state index contributed by atoms with van der Waals surface area (Å²) in [5.41, 5.74) is -0.291. The summed E-state index contributed by atoms with van der Waals surface area (Å²) in [6.45, 7) is -0.116. The number of sulfonamides is 1. The minimum Gasteiger partial charge on any atom is -0.487 e. The highest BCUT2D eigenvalue weighted by atomic mass is 32.2. The van der Waals surface area contributed by atoms with Crippen LogP contribution in [0.5, 0.6) is 11.5 Å². The van der Waals surface area contributed by atoms with Crippen molar-refractivity contribution in [3.05, 3.63) is 30.1 Å². The lowest BCUT2D eigenvalue weighted by Crippen LogP contribution is -2.33. The van der Waals surface area contributed by atoms with E-state index in [0.29, 0.717) is 6.54 Å². The highest BCUT2D eigenvalue weighted by molar-refractivity contribution is 7.92. The van der Waals surface area contributed by atoms with Crippen LogP contribution >= 0.6 is 0 Å². The number of benzene rings is 1. The molecule has 1 aromatic heterocycles. The molecular weight excluding hydrogens is 475 g/mol. The molecule has 7 nitrogen and oxygen atoms in total. The van der Waals surface area contributed by atoms with E-state index in [9.17, 15) is 39.2 Å². The first kappa shape index (κ1) is 25.5. The molecule has 180 valence electrons. The number of halogens is 7. The van der Waals surface area contributed by atoms with Gasteiger partial charge in [-0.1, -0.05) is 0 Å². The normalized spacial score (nSPS) is 12.8. The van der Waals surface area contributed by atoms with Gasteiger partial charge in [0.1, 0.15) is 16.4 Å². The van der Waals surface area contributed by atoms with Crippen molar-refractivity contribution in [1.82, 2.24) is 9.78 Å². The molecule has 0 bridgehead atoms. The van der Waals surface area contributed by atoms with Gasteiger partial charge in [0.2, 0.25) is 0 Å². The van der Waals surface area contributed by atoms with Crippen molar-refractivity contribution in [1.29, 1.82) is 0 Å². The van der Waals surface area contributed by atoms with Crippen LogP contribution < -0.4 is 14.2 Å². The molecule has 15 heteroatoms. The van der Waals surface area contributed by atoms with Crippen LogP contribution in [0.25, 0.3) is 0 Å². The number of aryl methyl sites for hydroxylation is 2. The average Bonchev–Trinajstić information content (AvgIpc) is 3.05. The largest absolute Gasteiger partial charge is 0.487 e. The summed E-state index contributed by atoms with van der Waals surface area (Å²) in [5, 5.41) is 3.97. The zero-order chi connectivity index (χ0) is 24.3. The smallest absolute Gasteiger partial charge is 0.422 e. The first-order valence-electron chi connectivity index (χ1n) is 8.83. The van der Waals surface area contributed by atoms with Crippen LogP contribution in [0.1, 0.15) is 12.6 Å². The quantitative estimate of drug-likeness (QED) is 0.501. The van der Waals surface area contributed by atoms with E-state index in [0.717, 1.165) is 18.2 Å². The monoisotopic (exact) mass is 493 g/mol. The molecular formula is C17H18F7N3O4S. The number of hydrogen-bond acceptors (Lipinski definition) is 5. The van der Waals surface area contributed by atoms with Crippen molar-refractivity contribution in [2.45, 2.75) is 43.8 Å². The molecule has 0 spiro atoms. The fourth-order valence-corrected chi connectivity index (χ4v) is 3.57. The minimum atomic E-state index is -4.76. The second-order valence-electron chi connectivity index (χ2n) is 6.49. The Kier molecular flexibility index (Phi) is 7.52. The summed E-state index contributed by atoms with van der Waals surface area (Å²) in [6, 6.07) is 2.41.